The molecule has 1 heterocycles. The lowest BCUT2D eigenvalue weighted by molar-refractivity contribution is 0.575. The van der Waals surface area contributed by atoms with Crippen LogP contribution < -0.4 is 10.0 Å². The highest BCUT2D eigenvalue weighted by Gasteiger charge is 2.04. The van der Waals surface area contributed by atoms with Gasteiger partial charge in [0.15, 0.2) is 0 Å². The van der Waals surface area contributed by atoms with Crippen molar-refractivity contribution in [2.45, 2.75) is 13.5 Å². The molecule has 0 bridgehead atoms. The first-order valence-electron chi connectivity index (χ1n) is 5.33. The Morgan fingerprint density at radius 3 is 2.69 bits per heavy atom. The first-order valence-corrected chi connectivity index (χ1v) is 6.98. The number of rotatable bonds is 7. The van der Waals surface area contributed by atoms with Crippen LogP contribution in [0.25, 0.3) is 0 Å². The molecule has 5 nitrogen and oxygen atoms in total. The SMILES string of the molecule is CCS(=O)(=O)NCCNCc1cccn1C. The summed E-state index contributed by atoms with van der Waals surface area (Å²) in [5, 5.41) is 3.18. The molecule has 0 atom stereocenters. The zero-order valence-electron chi connectivity index (χ0n) is 9.73. The van der Waals surface area contributed by atoms with Crippen LogP contribution in [0.2, 0.25) is 0 Å². The molecule has 0 saturated heterocycles. The van der Waals surface area contributed by atoms with Gasteiger partial charge in [-0.25, -0.2) is 13.1 Å². The molecule has 0 radical (unpaired) electrons. The molecule has 2 N–H and O–H groups in total. The van der Waals surface area contributed by atoms with Crippen molar-refractivity contribution in [2.24, 2.45) is 7.05 Å². The molecule has 0 aliphatic carbocycles. The molecule has 92 valence electrons. The predicted molar refractivity (Wildman–Crippen MR) is 64.6 cm³/mol. The van der Waals surface area contributed by atoms with Crippen molar-refractivity contribution in [3.8, 4) is 0 Å². The highest BCUT2D eigenvalue weighted by Crippen LogP contribution is 1.97. The van der Waals surface area contributed by atoms with Crippen LogP contribution in [-0.4, -0.2) is 31.8 Å². The lowest BCUT2D eigenvalue weighted by Gasteiger charge is -2.07. The largest absolute Gasteiger partial charge is 0.353 e. The molecule has 0 aromatic carbocycles. The lowest BCUT2D eigenvalue weighted by atomic mass is 10.4. The molecule has 1 aromatic heterocycles. The van der Waals surface area contributed by atoms with Crippen molar-refractivity contribution < 1.29 is 8.42 Å². The van der Waals surface area contributed by atoms with Crippen LogP contribution in [0.4, 0.5) is 0 Å². The summed E-state index contributed by atoms with van der Waals surface area (Å²) >= 11 is 0. The fraction of sp³-hybridized carbons (Fsp3) is 0.600. The molecule has 0 fully saturated rings. The first-order chi connectivity index (χ1) is 7.55. The average Bonchev–Trinajstić information content (AvgIpc) is 2.64. The van der Waals surface area contributed by atoms with Gasteiger partial charge in [0.2, 0.25) is 10.0 Å². The van der Waals surface area contributed by atoms with Gasteiger partial charge in [-0.3, -0.25) is 0 Å². The van der Waals surface area contributed by atoms with Crippen molar-refractivity contribution in [2.75, 3.05) is 18.8 Å². The molecule has 0 aliphatic heterocycles. The predicted octanol–water partition coefficient (Wildman–Crippen LogP) is 0.0540. The van der Waals surface area contributed by atoms with Gasteiger partial charge >= 0.3 is 0 Å². The van der Waals surface area contributed by atoms with Crippen LogP contribution in [0.1, 0.15) is 12.6 Å². The third kappa shape index (κ3) is 4.34. The number of nitrogens with one attached hydrogen (secondary N) is 2. The Morgan fingerprint density at radius 1 is 1.38 bits per heavy atom. The Morgan fingerprint density at radius 2 is 2.12 bits per heavy atom. The zero-order valence-corrected chi connectivity index (χ0v) is 10.5. The van der Waals surface area contributed by atoms with E-state index in [-0.39, 0.29) is 5.75 Å². The van der Waals surface area contributed by atoms with E-state index in [9.17, 15) is 8.42 Å². The lowest BCUT2D eigenvalue weighted by Crippen LogP contribution is -2.32. The third-order valence-electron chi connectivity index (χ3n) is 2.36. The van der Waals surface area contributed by atoms with Gasteiger partial charge in [0, 0.05) is 38.6 Å². The second-order valence-corrected chi connectivity index (χ2v) is 5.68. The summed E-state index contributed by atoms with van der Waals surface area (Å²) in [5.74, 6) is 0.130. The third-order valence-corrected chi connectivity index (χ3v) is 3.77. The molecule has 0 saturated carbocycles. The average molecular weight is 245 g/mol. The van der Waals surface area contributed by atoms with E-state index >= 15 is 0 Å². The van der Waals surface area contributed by atoms with Crippen molar-refractivity contribution in [3.05, 3.63) is 24.0 Å². The number of hydrogen-bond acceptors (Lipinski definition) is 3. The van der Waals surface area contributed by atoms with E-state index < -0.39 is 10.0 Å². The van der Waals surface area contributed by atoms with Gasteiger partial charge < -0.3 is 9.88 Å². The summed E-state index contributed by atoms with van der Waals surface area (Å²) in [5.41, 5.74) is 1.18. The van der Waals surface area contributed by atoms with Gasteiger partial charge in [0.05, 0.1) is 5.75 Å². The number of nitrogens with zero attached hydrogens (tertiary/aromatic N) is 1. The summed E-state index contributed by atoms with van der Waals surface area (Å²) in [4.78, 5) is 0. The van der Waals surface area contributed by atoms with Gasteiger partial charge in [-0.15, -0.1) is 0 Å². The summed E-state index contributed by atoms with van der Waals surface area (Å²) in [6.07, 6.45) is 1.98. The van der Waals surface area contributed by atoms with Crippen LogP contribution in [0.5, 0.6) is 0 Å². The first kappa shape index (κ1) is 13.2. The second kappa shape index (κ2) is 6.03. The summed E-state index contributed by atoms with van der Waals surface area (Å²) < 4.78 is 26.7. The molecule has 0 spiro atoms. The summed E-state index contributed by atoms with van der Waals surface area (Å²) in [6.45, 7) is 3.43. The van der Waals surface area contributed by atoms with Gasteiger partial charge in [0.25, 0.3) is 0 Å². The zero-order chi connectivity index (χ0) is 12.0. The minimum atomic E-state index is -3.06. The minimum Gasteiger partial charge on any atom is -0.353 e. The molecule has 0 unspecified atom stereocenters. The van der Waals surface area contributed by atoms with E-state index in [1.54, 1.807) is 6.92 Å². The highest BCUT2D eigenvalue weighted by molar-refractivity contribution is 7.89. The van der Waals surface area contributed by atoms with Crippen LogP contribution in [0, 0.1) is 0 Å². The van der Waals surface area contributed by atoms with Crippen LogP contribution in [0.15, 0.2) is 18.3 Å². The minimum absolute atomic E-state index is 0.130. The number of aromatic nitrogens is 1. The molecular formula is C10H19N3O2S. The monoisotopic (exact) mass is 245 g/mol. The highest BCUT2D eigenvalue weighted by atomic mass is 32.2. The smallest absolute Gasteiger partial charge is 0.211 e. The van der Waals surface area contributed by atoms with Gasteiger partial charge in [-0.05, 0) is 19.1 Å². The van der Waals surface area contributed by atoms with Gasteiger partial charge in [0.1, 0.15) is 0 Å². The fourth-order valence-corrected chi connectivity index (χ4v) is 1.91. The maximum atomic E-state index is 11.1. The van der Waals surface area contributed by atoms with E-state index in [2.05, 4.69) is 10.0 Å². The molecule has 6 heteroatoms. The van der Waals surface area contributed by atoms with Crippen molar-refractivity contribution >= 4 is 10.0 Å². The van der Waals surface area contributed by atoms with Gasteiger partial charge in [-0.2, -0.15) is 0 Å². The quantitative estimate of drug-likeness (QED) is 0.667. The normalized spacial score (nSPS) is 11.9. The Hall–Kier alpha value is -0.850. The molecule has 1 rings (SSSR count). The number of sulfonamides is 1. The van der Waals surface area contributed by atoms with E-state index in [4.69, 9.17) is 0 Å². The van der Waals surface area contributed by atoms with E-state index in [0.29, 0.717) is 13.1 Å². The molecular weight excluding hydrogens is 226 g/mol. The summed E-state index contributed by atoms with van der Waals surface area (Å²) in [6, 6.07) is 4.01. The maximum absolute atomic E-state index is 11.1. The van der Waals surface area contributed by atoms with Crippen LogP contribution in [-0.2, 0) is 23.6 Å². The van der Waals surface area contributed by atoms with Crippen molar-refractivity contribution in [1.29, 1.82) is 0 Å². The van der Waals surface area contributed by atoms with E-state index in [1.165, 1.54) is 5.69 Å². The van der Waals surface area contributed by atoms with Gasteiger partial charge in [-0.1, -0.05) is 0 Å². The topological polar surface area (TPSA) is 63.1 Å². The van der Waals surface area contributed by atoms with Crippen LogP contribution >= 0.6 is 0 Å². The van der Waals surface area contributed by atoms with Crippen molar-refractivity contribution in [3.63, 3.8) is 0 Å². The number of aryl methyl sites for hydroxylation is 1. The summed E-state index contributed by atoms with van der Waals surface area (Å²) in [7, 11) is -1.07. The van der Waals surface area contributed by atoms with E-state index in [1.807, 2.05) is 29.9 Å². The Bertz CT molecular complexity index is 411. The Balaban J connectivity index is 2.16. The van der Waals surface area contributed by atoms with Crippen molar-refractivity contribution in [1.82, 2.24) is 14.6 Å². The van der Waals surface area contributed by atoms with E-state index in [0.717, 1.165) is 6.54 Å². The Kier molecular flexibility index (Phi) is 4.98. The Labute approximate surface area is 96.9 Å². The van der Waals surface area contributed by atoms with Crippen LogP contribution in [0.3, 0.4) is 0 Å². The molecule has 0 aliphatic rings. The molecule has 16 heavy (non-hydrogen) atoms. The molecule has 1 aromatic rings. The maximum Gasteiger partial charge on any atom is 0.211 e. The fourth-order valence-electron chi connectivity index (χ4n) is 1.29. The molecule has 0 amide bonds. The number of hydrogen-bond donors (Lipinski definition) is 2. The standard InChI is InChI=1S/C10H19N3O2S/c1-3-16(14,15)12-7-6-11-9-10-5-4-8-13(10)2/h4-5,8,11-12H,3,6-7,9H2,1-2H3. The second-order valence-electron chi connectivity index (χ2n) is 3.58.